The maximum absolute atomic E-state index is 13.3. The second kappa shape index (κ2) is 11.2. The summed E-state index contributed by atoms with van der Waals surface area (Å²) in [5.74, 6) is -0.432. The zero-order valence-corrected chi connectivity index (χ0v) is 20.6. The number of nitrogens with one attached hydrogen (secondary N) is 2. The van der Waals surface area contributed by atoms with Crippen LogP contribution in [0.1, 0.15) is 12.5 Å². The van der Waals surface area contributed by atoms with Gasteiger partial charge in [0.1, 0.15) is 16.7 Å². The van der Waals surface area contributed by atoms with Crippen molar-refractivity contribution in [1.29, 1.82) is 0 Å². The smallest absolute Gasteiger partial charge is 0.245 e. The number of anilines is 1. The molecule has 3 aromatic carbocycles. The van der Waals surface area contributed by atoms with Crippen LogP contribution in [0.5, 0.6) is 5.75 Å². The van der Waals surface area contributed by atoms with Crippen molar-refractivity contribution in [3.8, 4) is 5.75 Å². The molecule has 6 nitrogen and oxygen atoms in total. The number of sulfonamides is 1. The first-order valence-corrected chi connectivity index (χ1v) is 12.6. The van der Waals surface area contributed by atoms with E-state index >= 15 is 0 Å². The van der Waals surface area contributed by atoms with Crippen molar-refractivity contribution in [3.63, 3.8) is 0 Å². The average Bonchev–Trinajstić information content (AvgIpc) is 2.77. The highest BCUT2D eigenvalue weighted by Gasteiger charge is 2.29. The van der Waals surface area contributed by atoms with Crippen LogP contribution < -0.4 is 14.8 Å². The van der Waals surface area contributed by atoms with Crippen molar-refractivity contribution >= 4 is 56.4 Å². The van der Waals surface area contributed by atoms with Gasteiger partial charge in [0.25, 0.3) is 0 Å². The molecular weight excluding hydrogens is 507 g/mol. The highest BCUT2D eigenvalue weighted by atomic mass is 35.5. The Morgan fingerprint density at radius 2 is 1.70 bits per heavy atom. The molecule has 0 fully saturated rings. The summed E-state index contributed by atoms with van der Waals surface area (Å²) in [4.78, 5) is 13.0. The molecule has 1 atom stereocenters. The number of amides is 1. The molecule has 0 saturated heterocycles. The predicted molar refractivity (Wildman–Crippen MR) is 132 cm³/mol. The fraction of sp³-hybridized carbons (Fsp3) is 0.174. The number of carbonyl (C=O) groups is 1. The molecule has 174 valence electrons. The molecule has 0 aliphatic rings. The van der Waals surface area contributed by atoms with Crippen molar-refractivity contribution in [2.24, 2.45) is 0 Å². The lowest BCUT2D eigenvalue weighted by atomic mass is 10.1. The van der Waals surface area contributed by atoms with Gasteiger partial charge in [-0.1, -0.05) is 65.1 Å². The summed E-state index contributed by atoms with van der Waals surface area (Å²) in [7, 11) is -4.17. The summed E-state index contributed by atoms with van der Waals surface area (Å²) >= 11 is 18.0. The minimum Gasteiger partial charge on any atom is -0.492 e. The minimum absolute atomic E-state index is 0.109. The van der Waals surface area contributed by atoms with Crippen LogP contribution in [-0.2, 0) is 21.2 Å². The molecule has 0 aliphatic heterocycles. The Hall–Kier alpha value is -2.29. The van der Waals surface area contributed by atoms with Crippen molar-refractivity contribution in [1.82, 2.24) is 4.72 Å². The number of carbonyl (C=O) groups excluding carboxylic acids is 1. The molecule has 0 spiro atoms. The zero-order chi connectivity index (χ0) is 24.0. The van der Waals surface area contributed by atoms with Gasteiger partial charge in [-0.25, -0.2) is 8.42 Å². The molecule has 2 N–H and O–H groups in total. The van der Waals surface area contributed by atoms with Crippen molar-refractivity contribution in [2.45, 2.75) is 24.3 Å². The first-order chi connectivity index (χ1) is 15.7. The highest BCUT2D eigenvalue weighted by molar-refractivity contribution is 7.89. The molecule has 0 radical (unpaired) electrons. The van der Waals surface area contributed by atoms with Gasteiger partial charge < -0.3 is 10.1 Å². The Morgan fingerprint density at radius 1 is 0.970 bits per heavy atom. The predicted octanol–water partition coefficient (Wildman–Crippen LogP) is 5.57. The van der Waals surface area contributed by atoms with E-state index in [0.717, 1.165) is 5.56 Å². The summed E-state index contributed by atoms with van der Waals surface area (Å²) in [6.07, 6.45) is 0.109. The number of halogens is 3. The molecule has 0 aliphatic carbocycles. The van der Waals surface area contributed by atoms with Crippen LogP contribution in [0.2, 0.25) is 15.1 Å². The van der Waals surface area contributed by atoms with E-state index in [0.29, 0.717) is 10.7 Å². The molecular formula is C23H21Cl3N2O4S. The lowest BCUT2D eigenvalue weighted by Crippen LogP contribution is -2.45. The standard InChI is InChI=1S/C23H21Cl3N2O4S/c1-2-32-21-11-8-16(24)13-22(21)33(30,31)28-20(12-15-6-4-3-5-7-15)23(29)27-17-9-10-18(25)19(26)14-17/h3-11,13-14,20,28H,2,12H2,1H3,(H,27,29). The third kappa shape index (κ3) is 6.85. The van der Waals surface area contributed by atoms with Gasteiger partial charge in [-0.05, 0) is 55.3 Å². The van der Waals surface area contributed by atoms with Crippen LogP contribution in [0.15, 0.2) is 71.6 Å². The third-order valence-electron chi connectivity index (χ3n) is 4.58. The molecule has 0 bridgehead atoms. The van der Waals surface area contributed by atoms with Gasteiger partial charge in [0.2, 0.25) is 15.9 Å². The van der Waals surface area contributed by atoms with Crippen LogP contribution in [0.3, 0.4) is 0 Å². The highest BCUT2D eigenvalue weighted by Crippen LogP contribution is 2.28. The van der Waals surface area contributed by atoms with Crippen molar-refractivity contribution in [2.75, 3.05) is 11.9 Å². The Balaban J connectivity index is 1.93. The van der Waals surface area contributed by atoms with Gasteiger partial charge in [0, 0.05) is 10.7 Å². The second-order valence-corrected chi connectivity index (χ2v) is 9.94. The van der Waals surface area contributed by atoms with Crippen LogP contribution in [0.25, 0.3) is 0 Å². The summed E-state index contributed by atoms with van der Waals surface area (Å²) < 4.78 is 34.5. The van der Waals surface area contributed by atoms with E-state index in [-0.39, 0.29) is 33.7 Å². The zero-order valence-electron chi connectivity index (χ0n) is 17.5. The van der Waals surface area contributed by atoms with E-state index in [2.05, 4.69) is 10.0 Å². The van der Waals surface area contributed by atoms with E-state index in [1.54, 1.807) is 25.1 Å². The van der Waals surface area contributed by atoms with Crippen LogP contribution in [-0.4, -0.2) is 27.0 Å². The number of benzene rings is 3. The van der Waals surface area contributed by atoms with E-state index in [1.807, 2.05) is 18.2 Å². The fourth-order valence-corrected chi connectivity index (χ4v) is 4.96. The number of rotatable bonds is 9. The average molecular weight is 528 g/mol. The third-order valence-corrected chi connectivity index (χ3v) is 7.05. The Morgan fingerprint density at radius 3 is 2.36 bits per heavy atom. The molecule has 33 heavy (non-hydrogen) atoms. The summed E-state index contributed by atoms with van der Waals surface area (Å²) in [5.41, 5.74) is 1.15. The molecule has 0 saturated carbocycles. The van der Waals surface area contributed by atoms with Gasteiger partial charge in [-0.15, -0.1) is 0 Å². The van der Waals surface area contributed by atoms with Gasteiger partial charge >= 0.3 is 0 Å². The number of ether oxygens (including phenoxy) is 1. The molecule has 1 unspecified atom stereocenters. The maximum Gasteiger partial charge on any atom is 0.245 e. The molecule has 1 amide bonds. The molecule has 0 aromatic heterocycles. The van der Waals surface area contributed by atoms with E-state index in [9.17, 15) is 13.2 Å². The number of hydrogen-bond acceptors (Lipinski definition) is 4. The van der Waals surface area contributed by atoms with Crippen LogP contribution in [0, 0.1) is 0 Å². The first kappa shape index (κ1) is 25.3. The normalized spacial score (nSPS) is 12.2. The van der Waals surface area contributed by atoms with Crippen LogP contribution >= 0.6 is 34.8 Å². The fourth-order valence-electron chi connectivity index (χ4n) is 3.06. The second-order valence-electron chi connectivity index (χ2n) is 7.01. The summed E-state index contributed by atoms with van der Waals surface area (Å²) in [6.45, 7) is 2.00. The van der Waals surface area contributed by atoms with Gasteiger partial charge in [0.15, 0.2) is 0 Å². The molecule has 0 heterocycles. The monoisotopic (exact) mass is 526 g/mol. The summed E-state index contributed by atoms with van der Waals surface area (Å²) in [5, 5.41) is 3.50. The van der Waals surface area contributed by atoms with Crippen LogP contribution in [0.4, 0.5) is 5.69 Å². The Bertz CT molecular complexity index is 1240. The molecule has 3 rings (SSSR count). The lowest BCUT2D eigenvalue weighted by molar-refractivity contribution is -0.117. The van der Waals surface area contributed by atoms with Crippen molar-refractivity contribution in [3.05, 3.63) is 87.4 Å². The lowest BCUT2D eigenvalue weighted by Gasteiger charge is -2.20. The minimum atomic E-state index is -4.17. The van der Waals surface area contributed by atoms with E-state index in [1.165, 1.54) is 30.3 Å². The Labute approximate surface area is 207 Å². The van der Waals surface area contributed by atoms with E-state index < -0.39 is 22.0 Å². The van der Waals surface area contributed by atoms with Crippen molar-refractivity contribution < 1.29 is 17.9 Å². The molecule has 10 heteroatoms. The van der Waals surface area contributed by atoms with Gasteiger partial charge in [-0.2, -0.15) is 4.72 Å². The summed E-state index contributed by atoms with van der Waals surface area (Å²) in [6, 6.07) is 16.8. The SMILES string of the molecule is CCOc1ccc(Cl)cc1S(=O)(=O)NC(Cc1ccccc1)C(=O)Nc1ccc(Cl)c(Cl)c1. The topological polar surface area (TPSA) is 84.5 Å². The van der Waals surface area contributed by atoms with Gasteiger partial charge in [0.05, 0.1) is 16.7 Å². The van der Waals surface area contributed by atoms with Gasteiger partial charge in [-0.3, -0.25) is 4.79 Å². The quantitative estimate of drug-likeness (QED) is 0.381. The molecule has 3 aromatic rings. The van der Waals surface area contributed by atoms with E-state index in [4.69, 9.17) is 39.5 Å². The maximum atomic E-state index is 13.3. The first-order valence-electron chi connectivity index (χ1n) is 9.94. The largest absolute Gasteiger partial charge is 0.492 e. The Kier molecular flexibility index (Phi) is 8.62. The number of hydrogen-bond donors (Lipinski definition) is 2.